The molecule has 2 aromatic rings. The lowest BCUT2D eigenvalue weighted by atomic mass is 9.87. The van der Waals surface area contributed by atoms with Crippen LogP contribution in [-0.4, -0.2) is 50.0 Å². The van der Waals surface area contributed by atoms with Crippen molar-refractivity contribution in [2.75, 3.05) is 40.0 Å². The number of nitrogens with zero attached hydrogens (tertiary/aromatic N) is 1. The van der Waals surface area contributed by atoms with Gasteiger partial charge in [0.25, 0.3) is 0 Å². The molecule has 1 heterocycles. The van der Waals surface area contributed by atoms with E-state index in [0.717, 1.165) is 44.5 Å². The van der Waals surface area contributed by atoms with E-state index in [0.29, 0.717) is 17.1 Å². The number of rotatable bonds is 9. The fourth-order valence-corrected chi connectivity index (χ4v) is 3.93. The summed E-state index contributed by atoms with van der Waals surface area (Å²) in [5.74, 6) is 0.853. The van der Waals surface area contributed by atoms with Crippen LogP contribution in [0.3, 0.4) is 0 Å². The lowest BCUT2D eigenvalue weighted by molar-refractivity contribution is 0.0571. The van der Waals surface area contributed by atoms with Gasteiger partial charge in [0.05, 0.1) is 13.2 Å². The maximum atomic E-state index is 13.0. The predicted molar refractivity (Wildman–Crippen MR) is 109 cm³/mol. The Hall–Kier alpha value is -2.18. The van der Waals surface area contributed by atoms with Crippen molar-refractivity contribution < 1.29 is 23.4 Å². The lowest BCUT2D eigenvalue weighted by Gasteiger charge is -2.34. The van der Waals surface area contributed by atoms with Gasteiger partial charge >= 0.3 is 0 Å². The van der Waals surface area contributed by atoms with Crippen molar-refractivity contribution in [2.45, 2.75) is 25.4 Å². The van der Waals surface area contributed by atoms with Gasteiger partial charge in [0.1, 0.15) is 19.1 Å². The average molecular weight is 404 g/mol. The highest BCUT2D eigenvalue weighted by Gasteiger charge is 2.29. The van der Waals surface area contributed by atoms with Gasteiger partial charge in [0.15, 0.2) is 11.5 Å². The van der Waals surface area contributed by atoms with E-state index in [1.807, 2.05) is 18.2 Å². The summed E-state index contributed by atoms with van der Waals surface area (Å²) in [6.07, 6.45) is 1.99. The Labute approximate surface area is 171 Å². The van der Waals surface area contributed by atoms with Crippen molar-refractivity contribution in [2.24, 2.45) is 5.92 Å². The maximum absolute atomic E-state index is 13.0. The first-order valence-electron chi connectivity index (χ1n) is 10.1. The summed E-state index contributed by atoms with van der Waals surface area (Å²) in [7, 11) is 1.53. The summed E-state index contributed by atoms with van der Waals surface area (Å²) in [5.41, 5.74) is 1.82. The maximum Gasteiger partial charge on any atom is 0.166 e. The molecule has 0 spiro atoms. The first-order valence-corrected chi connectivity index (χ1v) is 10.1. The van der Waals surface area contributed by atoms with E-state index in [4.69, 9.17) is 9.47 Å². The summed E-state index contributed by atoms with van der Waals surface area (Å²) in [6.45, 7) is 2.12. The molecule has 0 saturated carbocycles. The number of halogens is 2. The molecule has 0 amide bonds. The topological polar surface area (TPSA) is 41.9 Å². The second-order valence-corrected chi connectivity index (χ2v) is 7.42. The normalized spacial score (nSPS) is 16.6. The molecule has 6 heteroatoms. The summed E-state index contributed by atoms with van der Waals surface area (Å²) in [5, 5.41) is 11.0. The highest BCUT2D eigenvalue weighted by Crippen LogP contribution is 2.40. The van der Waals surface area contributed by atoms with E-state index in [-0.39, 0.29) is 18.3 Å². The molecule has 1 saturated heterocycles. The fourth-order valence-electron chi connectivity index (χ4n) is 3.93. The summed E-state index contributed by atoms with van der Waals surface area (Å²) in [6, 6.07) is 12.0. The Morgan fingerprint density at radius 1 is 1.14 bits per heavy atom. The molecule has 4 nitrogen and oxygen atoms in total. The smallest absolute Gasteiger partial charge is 0.166 e. The van der Waals surface area contributed by atoms with Crippen LogP contribution < -0.4 is 9.47 Å². The van der Waals surface area contributed by atoms with Crippen molar-refractivity contribution in [3.63, 3.8) is 0 Å². The SMILES string of the molecule is COc1c(OCC[18F])cccc1[C@H](O)C1CCN(CCc2ccc(F)cc2)CC1. The number of hydrogen-bond acceptors (Lipinski definition) is 4. The van der Waals surface area contributed by atoms with Crippen LogP contribution in [-0.2, 0) is 6.42 Å². The van der Waals surface area contributed by atoms with Crippen LogP contribution in [0.2, 0.25) is 0 Å². The average Bonchev–Trinajstić information content (AvgIpc) is 2.76. The third-order valence-corrected chi connectivity index (χ3v) is 5.58. The minimum absolute atomic E-state index is 0.0393. The van der Waals surface area contributed by atoms with Gasteiger partial charge in [-0.2, -0.15) is 0 Å². The van der Waals surface area contributed by atoms with Crippen molar-refractivity contribution in [3.05, 3.63) is 59.4 Å². The Kier molecular flexibility index (Phi) is 7.83. The molecule has 3 rings (SSSR count). The predicted octanol–water partition coefficient (Wildman–Crippen LogP) is 4.17. The van der Waals surface area contributed by atoms with Crippen molar-refractivity contribution in [1.82, 2.24) is 4.90 Å². The number of likely N-dealkylation sites (tertiary alicyclic amines) is 1. The Morgan fingerprint density at radius 2 is 1.86 bits per heavy atom. The third kappa shape index (κ3) is 5.67. The van der Waals surface area contributed by atoms with Crippen molar-refractivity contribution >= 4 is 0 Å². The largest absolute Gasteiger partial charge is 0.492 e. The second kappa shape index (κ2) is 10.6. The van der Waals surface area contributed by atoms with E-state index in [1.165, 1.54) is 19.2 Å². The van der Waals surface area contributed by atoms with Crippen LogP contribution in [0.5, 0.6) is 11.5 Å². The fraction of sp³-hybridized carbons (Fsp3) is 0.478. The van der Waals surface area contributed by atoms with Crippen LogP contribution in [0, 0.1) is 11.7 Å². The molecule has 29 heavy (non-hydrogen) atoms. The molecule has 2 aromatic carbocycles. The van der Waals surface area contributed by atoms with Crippen molar-refractivity contribution in [1.29, 1.82) is 0 Å². The third-order valence-electron chi connectivity index (χ3n) is 5.58. The standard InChI is InChI=1S/C23H29F2NO3/c1-28-23-20(3-2-4-21(23)29-16-12-24)22(27)18-10-14-26(15-11-18)13-9-17-5-7-19(25)8-6-17/h2-8,18,22,27H,9-16H2,1H3/t22-/m1/s1/i24-1. The summed E-state index contributed by atoms with van der Waals surface area (Å²) in [4.78, 5) is 2.38. The minimum Gasteiger partial charge on any atom is -0.492 e. The zero-order valence-electron chi connectivity index (χ0n) is 16.8. The molecule has 1 fully saturated rings. The minimum atomic E-state index is -0.655. The van der Waals surface area contributed by atoms with E-state index in [2.05, 4.69) is 4.90 Å². The highest BCUT2D eigenvalue weighted by atomic mass is 19.1. The quantitative estimate of drug-likeness (QED) is 0.681. The van der Waals surface area contributed by atoms with Crippen LogP contribution in [0.25, 0.3) is 0 Å². The number of methoxy groups -OCH3 is 1. The molecule has 0 aliphatic carbocycles. The van der Waals surface area contributed by atoms with Gasteiger partial charge in [-0.25, -0.2) is 8.78 Å². The molecule has 0 unspecified atom stereocenters. The summed E-state index contributed by atoms with van der Waals surface area (Å²) >= 11 is 0. The molecule has 1 aliphatic heterocycles. The van der Waals surface area contributed by atoms with Crippen LogP contribution in [0.1, 0.15) is 30.1 Å². The molecule has 1 aliphatic rings. The Morgan fingerprint density at radius 3 is 2.52 bits per heavy atom. The van der Waals surface area contributed by atoms with E-state index < -0.39 is 12.8 Å². The van der Waals surface area contributed by atoms with Gasteiger partial charge in [0, 0.05) is 12.1 Å². The van der Waals surface area contributed by atoms with Gasteiger partial charge in [-0.05, 0) is 62.0 Å². The highest BCUT2D eigenvalue weighted by molar-refractivity contribution is 5.47. The number of aliphatic hydroxyl groups is 1. The van der Waals surface area contributed by atoms with Crippen molar-refractivity contribution in [3.8, 4) is 11.5 Å². The van der Waals surface area contributed by atoms with E-state index >= 15 is 0 Å². The number of para-hydroxylation sites is 1. The lowest BCUT2D eigenvalue weighted by Crippen LogP contribution is -2.36. The molecule has 0 bridgehead atoms. The molecule has 0 radical (unpaired) electrons. The number of alkyl halides is 1. The van der Waals surface area contributed by atoms with Crippen LogP contribution in [0.4, 0.5) is 8.78 Å². The molecular weight excluding hydrogens is 375 g/mol. The van der Waals surface area contributed by atoms with Crippen LogP contribution >= 0.6 is 0 Å². The molecule has 158 valence electrons. The van der Waals surface area contributed by atoms with Gasteiger partial charge in [-0.3, -0.25) is 0 Å². The number of aliphatic hydroxyl groups excluding tert-OH is 1. The van der Waals surface area contributed by atoms with Gasteiger partial charge in [-0.1, -0.05) is 24.3 Å². The monoisotopic (exact) mass is 404 g/mol. The van der Waals surface area contributed by atoms with Gasteiger partial charge in [0.2, 0.25) is 0 Å². The zero-order valence-corrected chi connectivity index (χ0v) is 16.8. The second-order valence-electron chi connectivity index (χ2n) is 7.42. The van der Waals surface area contributed by atoms with Gasteiger partial charge in [-0.15, -0.1) is 0 Å². The number of benzene rings is 2. The molecule has 0 aromatic heterocycles. The Balaban J connectivity index is 1.55. The number of hydrogen-bond donors (Lipinski definition) is 1. The first-order chi connectivity index (χ1) is 14.1. The first kappa shape index (κ1) is 21.5. The van der Waals surface area contributed by atoms with E-state index in [9.17, 15) is 13.9 Å². The molecular formula is C23H29F2NO3. The molecule has 1 atom stereocenters. The van der Waals surface area contributed by atoms with Crippen LogP contribution in [0.15, 0.2) is 42.5 Å². The number of ether oxygens (including phenoxy) is 2. The van der Waals surface area contributed by atoms with Gasteiger partial charge < -0.3 is 19.5 Å². The van der Waals surface area contributed by atoms with E-state index in [1.54, 1.807) is 12.1 Å². The Bertz CT molecular complexity index is 761. The summed E-state index contributed by atoms with van der Waals surface area (Å²) < 4.78 is 36.3. The number of piperidine rings is 1. The molecule has 1 N–H and O–H groups in total. The zero-order chi connectivity index (χ0) is 20.6.